The van der Waals surface area contributed by atoms with Crippen molar-refractivity contribution >= 4 is 29.1 Å². The zero-order valence-corrected chi connectivity index (χ0v) is 14.1. The molecule has 1 amide bonds. The molecular formula is C18H18Cl2N2O. The number of hydrogen-bond acceptors (Lipinski definition) is 2. The SMILES string of the molecule is NC(=O)C1(Cc2ccc(Cl)cc2)CN(Cc2ccccc2Cl)C1. The zero-order chi connectivity index (χ0) is 16.4. The molecule has 1 saturated heterocycles. The molecule has 0 spiro atoms. The van der Waals surface area contributed by atoms with Gasteiger partial charge in [-0.3, -0.25) is 9.69 Å². The molecule has 0 bridgehead atoms. The maximum Gasteiger partial charge on any atom is 0.226 e. The van der Waals surface area contributed by atoms with Crippen molar-refractivity contribution < 1.29 is 4.79 Å². The minimum atomic E-state index is -0.505. The molecule has 120 valence electrons. The van der Waals surface area contributed by atoms with Crippen LogP contribution in [0.2, 0.25) is 10.0 Å². The summed E-state index contributed by atoms with van der Waals surface area (Å²) in [6.45, 7) is 2.03. The Bertz CT molecular complexity index is 709. The van der Waals surface area contributed by atoms with Crippen molar-refractivity contribution in [2.24, 2.45) is 11.1 Å². The predicted octanol–water partition coefficient (Wildman–Crippen LogP) is 3.52. The van der Waals surface area contributed by atoms with E-state index in [1.807, 2.05) is 48.5 Å². The van der Waals surface area contributed by atoms with Gasteiger partial charge in [0.1, 0.15) is 0 Å². The summed E-state index contributed by atoms with van der Waals surface area (Å²) in [5.41, 5.74) is 7.32. The van der Waals surface area contributed by atoms with Crippen LogP contribution in [0.25, 0.3) is 0 Å². The van der Waals surface area contributed by atoms with Crippen LogP contribution in [0, 0.1) is 5.41 Å². The molecule has 0 aliphatic carbocycles. The highest BCUT2D eigenvalue weighted by Crippen LogP contribution is 2.36. The average molecular weight is 349 g/mol. The molecule has 0 aromatic heterocycles. The second-order valence-electron chi connectivity index (χ2n) is 6.18. The molecule has 2 aromatic rings. The van der Waals surface area contributed by atoms with Crippen LogP contribution in [0.15, 0.2) is 48.5 Å². The molecule has 5 heteroatoms. The molecule has 3 nitrogen and oxygen atoms in total. The van der Waals surface area contributed by atoms with E-state index < -0.39 is 5.41 Å². The van der Waals surface area contributed by atoms with Crippen molar-refractivity contribution in [2.45, 2.75) is 13.0 Å². The van der Waals surface area contributed by atoms with Gasteiger partial charge in [-0.05, 0) is 35.7 Å². The van der Waals surface area contributed by atoms with Crippen LogP contribution < -0.4 is 5.73 Å². The van der Waals surface area contributed by atoms with Crippen LogP contribution in [0.3, 0.4) is 0 Å². The maximum atomic E-state index is 12.0. The summed E-state index contributed by atoms with van der Waals surface area (Å²) in [4.78, 5) is 14.2. The van der Waals surface area contributed by atoms with Crippen molar-refractivity contribution in [3.63, 3.8) is 0 Å². The fourth-order valence-corrected chi connectivity index (χ4v) is 3.46. The lowest BCUT2D eigenvalue weighted by Gasteiger charge is -2.48. The van der Waals surface area contributed by atoms with Crippen molar-refractivity contribution in [3.05, 3.63) is 69.7 Å². The summed E-state index contributed by atoms with van der Waals surface area (Å²) in [7, 11) is 0. The monoisotopic (exact) mass is 348 g/mol. The minimum Gasteiger partial charge on any atom is -0.369 e. The average Bonchev–Trinajstić information content (AvgIpc) is 2.48. The van der Waals surface area contributed by atoms with E-state index in [0.29, 0.717) is 24.5 Å². The lowest BCUT2D eigenvalue weighted by molar-refractivity contribution is -0.138. The first-order valence-electron chi connectivity index (χ1n) is 7.49. The zero-order valence-electron chi connectivity index (χ0n) is 12.6. The first-order valence-corrected chi connectivity index (χ1v) is 8.24. The lowest BCUT2D eigenvalue weighted by Crippen LogP contribution is -2.62. The number of hydrogen-bond donors (Lipinski definition) is 1. The van der Waals surface area contributed by atoms with Gasteiger partial charge in [0.25, 0.3) is 0 Å². The predicted molar refractivity (Wildman–Crippen MR) is 93.5 cm³/mol. The Hall–Kier alpha value is -1.55. The molecule has 0 saturated carbocycles. The number of nitrogens with zero attached hydrogens (tertiary/aromatic N) is 1. The fourth-order valence-electron chi connectivity index (χ4n) is 3.14. The van der Waals surface area contributed by atoms with Gasteiger partial charge in [-0.25, -0.2) is 0 Å². The Morgan fingerprint density at radius 2 is 1.74 bits per heavy atom. The van der Waals surface area contributed by atoms with Crippen molar-refractivity contribution in [1.29, 1.82) is 0 Å². The molecule has 1 heterocycles. The molecule has 2 N–H and O–H groups in total. The first-order chi connectivity index (χ1) is 11.0. The van der Waals surface area contributed by atoms with Crippen molar-refractivity contribution in [3.8, 4) is 0 Å². The minimum absolute atomic E-state index is 0.247. The molecule has 2 aromatic carbocycles. The molecule has 1 aliphatic rings. The van der Waals surface area contributed by atoms with E-state index in [1.165, 1.54) is 0 Å². The normalized spacial score (nSPS) is 16.8. The maximum absolute atomic E-state index is 12.0. The number of primary amides is 1. The highest BCUT2D eigenvalue weighted by molar-refractivity contribution is 6.31. The summed E-state index contributed by atoms with van der Waals surface area (Å²) in [5, 5.41) is 1.44. The third kappa shape index (κ3) is 3.52. The Balaban J connectivity index is 1.67. The van der Waals surface area contributed by atoms with E-state index in [2.05, 4.69) is 4.90 Å². The number of benzene rings is 2. The van der Waals surface area contributed by atoms with E-state index in [0.717, 1.165) is 22.7 Å². The van der Waals surface area contributed by atoms with Crippen LogP contribution in [0.5, 0.6) is 0 Å². The standard InChI is InChI=1S/C18H18Cl2N2O/c19-15-7-5-13(6-8-15)9-18(17(21)23)11-22(12-18)10-14-3-1-2-4-16(14)20/h1-8H,9-12H2,(H2,21,23). The molecule has 0 atom stereocenters. The van der Waals surface area contributed by atoms with Gasteiger partial charge in [0.05, 0.1) is 5.41 Å². The lowest BCUT2D eigenvalue weighted by atomic mass is 9.74. The second-order valence-corrected chi connectivity index (χ2v) is 7.03. The summed E-state index contributed by atoms with van der Waals surface area (Å²) in [6, 6.07) is 15.3. The second kappa shape index (κ2) is 6.52. The van der Waals surface area contributed by atoms with Crippen LogP contribution in [0.1, 0.15) is 11.1 Å². The highest BCUT2D eigenvalue weighted by atomic mass is 35.5. The molecule has 0 unspecified atom stereocenters. The van der Waals surface area contributed by atoms with E-state index in [1.54, 1.807) is 0 Å². The molecular weight excluding hydrogens is 331 g/mol. The molecule has 1 aliphatic heterocycles. The smallest absolute Gasteiger partial charge is 0.226 e. The number of rotatable bonds is 5. The van der Waals surface area contributed by atoms with E-state index in [4.69, 9.17) is 28.9 Å². The van der Waals surface area contributed by atoms with Crippen LogP contribution in [-0.2, 0) is 17.8 Å². The van der Waals surface area contributed by atoms with Gasteiger partial charge in [0.15, 0.2) is 0 Å². The molecule has 1 fully saturated rings. The van der Waals surface area contributed by atoms with Gasteiger partial charge in [-0.15, -0.1) is 0 Å². The molecule has 3 rings (SSSR count). The van der Waals surface area contributed by atoms with Crippen LogP contribution >= 0.6 is 23.2 Å². The van der Waals surface area contributed by atoms with Gasteiger partial charge in [0, 0.05) is 29.7 Å². The van der Waals surface area contributed by atoms with E-state index in [-0.39, 0.29) is 5.91 Å². The summed E-state index contributed by atoms with van der Waals surface area (Å²) in [6.07, 6.45) is 0.637. The van der Waals surface area contributed by atoms with Crippen LogP contribution in [0.4, 0.5) is 0 Å². The number of amides is 1. The fraction of sp³-hybridized carbons (Fsp3) is 0.278. The van der Waals surface area contributed by atoms with Gasteiger partial charge < -0.3 is 5.73 Å². The Morgan fingerprint density at radius 1 is 1.09 bits per heavy atom. The number of carbonyl (C=O) groups excluding carboxylic acids is 1. The number of halogens is 2. The van der Waals surface area contributed by atoms with Gasteiger partial charge in [-0.2, -0.15) is 0 Å². The third-order valence-electron chi connectivity index (χ3n) is 4.38. The van der Waals surface area contributed by atoms with E-state index >= 15 is 0 Å². The Morgan fingerprint density at radius 3 is 2.35 bits per heavy atom. The highest BCUT2D eigenvalue weighted by Gasteiger charge is 2.47. The topological polar surface area (TPSA) is 46.3 Å². The third-order valence-corrected chi connectivity index (χ3v) is 5.00. The summed E-state index contributed by atoms with van der Waals surface area (Å²) in [5.74, 6) is -0.247. The number of likely N-dealkylation sites (tertiary alicyclic amines) is 1. The quantitative estimate of drug-likeness (QED) is 0.898. The largest absolute Gasteiger partial charge is 0.369 e. The number of carbonyl (C=O) groups is 1. The summed E-state index contributed by atoms with van der Waals surface area (Å²) >= 11 is 12.1. The van der Waals surface area contributed by atoms with Gasteiger partial charge in [0.2, 0.25) is 5.91 Å². The Labute approximate surface area is 146 Å². The van der Waals surface area contributed by atoms with Crippen LogP contribution in [-0.4, -0.2) is 23.9 Å². The van der Waals surface area contributed by atoms with Gasteiger partial charge >= 0.3 is 0 Å². The van der Waals surface area contributed by atoms with Crippen molar-refractivity contribution in [1.82, 2.24) is 4.90 Å². The number of nitrogens with two attached hydrogens (primary N) is 1. The molecule has 0 radical (unpaired) electrons. The van der Waals surface area contributed by atoms with Gasteiger partial charge in [-0.1, -0.05) is 53.5 Å². The van der Waals surface area contributed by atoms with Crippen molar-refractivity contribution in [2.75, 3.05) is 13.1 Å². The van der Waals surface area contributed by atoms with E-state index in [9.17, 15) is 4.79 Å². The Kier molecular flexibility index (Phi) is 4.62. The first kappa shape index (κ1) is 16.3. The molecule has 23 heavy (non-hydrogen) atoms. The summed E-state index contributed by atoms with van der Waals surface area (Å²) < 4.78 is 0.